The van der Waals surface area contributed by atoms with Crippen LogP contribution >= 0.6 is 11.6 Å². The van der Waals surface area contributed by atoms with E-state index < -0.39 is 11.7 Å². The van der Waals surface area contributed by atoms with E-state index in [-0.39, 0.29) is 12.0 Å². The molecule has 2 atom stereocenters. The zero-order valence-electron chi connectivity index (χ0n) is 11.9. The second-order valence-electron chi connectivity index (χ2n) is 5.21. The van der Waals surface area contributed by atoms with Gasteiger partial charge < -0.3 is 4.74 Å². The lowest BCUT2D eigenvalue weighted by Gasteiger charge is -2.29. The number of hydrogen-bond acceptors (Lipinski definition) is 2. The van der Waals surface area contributed by atoms with Crippen LogP contribution in [-0.4, -0.2) is 11.6 Å². The monoisotopic (exact) mass is 339 g/mol. The molecule has 0 fully saturated rings. The third kappa shape index (κ3) is 3.41. The minimum absolute atomic E-state index is 0.215. The van der Waals surface area contributed by atoms with Crippen LogP contribution in [0.25, 0.3) is 0 Å². The first kappa shape index (κ1) is 16.0. The number of aromatic nitrogens is 1. The number of nitrogens with zero attached hydrogens (tertiary/aromatic N) is 1. The van der Waals surface area contributed by atoms with E-state index in [2.05, 4.69) is 4.98 Å². The summed E-state index contributed by atoms with van der Waals surface area (Å²) in [5.41, 5.74) is 0.792. The van der Waals surface area contributed by atoms with Crippen LogP contribution < -0.4 is 0 Å². The molecule has 1 aliphatic rings. The molecule has 6 heteroatoms. The first-order valence-electron chi connectivity index (χ1n) is 7.02. The molecule has 0 amide bonds. The fraction of sp³-hybridized carbons (Fsp3) is 0.235. The largest absolute Gasteiger partial charge is 0.416 e. The zero-order valence-corrected chi connectivity index (χ0v) is 12.7. The van der Waals surface area contributed by atoms with Crippen molar-refractivity contribution in [3.05, 3.63) is 76.6 Å². The van der Waals surface area contributed by atoms with Gasteiger partial charge in [0, 0.05) is 17.7 Å². The summed E-state index contributed by atoms with van der Waals surface area (Å²) in [7, 11) is 0. The Balaban J connectivity index is 1.95. The van der Waals surface area contributed by atoms with Crippen molar-refractivity contribution in [1.82, 2.24) is 4.98 Å². The fourth-order valence-corrected chi connectivity index (χ4v) is 2.87. The molecule has 0 unspecified atom stereocenters. The van der Waals surface area contributed by atoms with Crippen LogP contribution in [0.3, 0.4) is 0 Å². The molecule has 0 saturated carbocycles. The van der Waals surface area contributed by atoms with Crippen molar-refractivity contribution >= 4 is 11.6 Å². The summed E-state index contributed by atoms with van der Waals surface area (Å²) in [6.07, 6.45) is 0.641. The van der Waals surface area contributed by atoms with Gasteiger partial charge in [-0.15, -0.1) is 0 Å². The highest BCUT2D eigenvalue weighted by Crippen LogP contribution is 2.40. The summed E-state index contributed by atoms with van der Waals surface area (Å²) in [6.45, 7) is 0.424. The Morgan fingerprint density at radius 3 is 2.52 bits per heavy atom. The summed E-state index contributed by atoms with van der Waals surface area (Å²) >= 11 is 6.13. The van der Waals surface area contributed by atoms with Crippen molar-refractivity contribution in [1.29, 1.82) is 0 Å². The molecule has 3 rings (SSSR count). The predicted octanol–water partition coefficient (Wildman–Crippen LogP) is 5.17. The smallest absolute Gasteiger partial charge is 0.368 e. The lowest BCUT2D eigenvalue weighted by Crippen LogP contribution is -2.18. The molecule has 1 aromatic carbocycles. The average Bonchev–Trinajstić information content (AvgIpc) is 2.55. The molecule has 1 aliphatic heterocycles. The molecule has 2 nitrogen and oxygen atoms in total. The summed E-state index contributed by atoms with van der Waals surface area (Å²) in [5, 5.41) is 0.338. The number of halogens is 4. The summed E-state index contributed by atoms with van der Waals surface area (Å²) in [6, 6.07) is 8.69. The van der Waals surface area contributed by atoms with Gasteiger partial charge in [0.25, 0.3) is 0 Å². The third-order valence-corrected chi connectivity index (χ3v) is 4.07. The van der Waals surface area contributed by atoms with Crippen LogP contribution in [0, 0.1) is 0 Å². The van der Waals surface area contributed by atoms with Gasteiger partial charge >= 0.3 is 6.18 Å². The molecule has 0 bridgehead atoms. The predicted molar refractivity (Wildman–Crippen MR) is 81.3 cm³/mol. The van der Waals surface area contributed by atoms with E-state index in [1.807, 2.05) is 18.2 Å². The van der Waals surface area contributed by atoms with Gasteiger partial charge in [-0.05, 0) is 23.8 Å². The molecule has 2 heterocycles. The first-order chi connectivity index (χ1) is 11.0. The molecule has 0 spiro atoms. The summed E-state index contributed by atoms with van der Waals surface area (Å²) in [5.74, 6) is -0.215. The van der Waals surface area contributed by atoms with Crippen LogP contribution in [0.1, 0.15) is 28.7 Å². The van der Waals surface area contributed by atoms with E-state index in [1.54, 1.807) is 12.3 Å². The molecule has 23 heavy (non-hydrogen) atoms. The van der Waals surface area contributed by atoms with E-state index in [9.17, 15) is 13.2 Å². The van der Waals surface area contributed by atoms with Crippen LogP contribution in [-0.2, 0) is 10.9 Å². The maximum atomic E-state index is 12.7. The number of alkyl halides is 3. The van der Waals surface area contributed by atoms with Crippen molar-refractivity contribution in [3.63, 3.8) is 0 Å². The van der Waals surface area contributed by atoms with Gasteiger partial charge in [0.15, 0.2) is 0 Å². The van der Waals surface area contributed by atoms with Gasteiger partial charge in [-0.25, -0.2) is 4.98 Å². The van der Waals surface area contributed by atoms with Gasteiger partial charge in [0.1, 0.15) is 5.15 Å². The molecule has 0 saturated heterocycles. The van der Waals surface area contributed by atoms with E-state index >= 15 is 0 Å². The van der Waals surface area contributed by atoms with Crippen molar-refractivity contribution in [2.75, 3.05) is 6.61 Å². The molecule has 0 N–H and O–H groups in total. The van der Waals surface area contributed by atoms with Crippen LogP contribution in [0.2, 0.25) is 5.15 Å². The van der Waals surface area contributed by atoms with Crippen LogP contribution in [0.4, 0.5) is 13.2 Å². The van der Waals surface area contributed by atoms with E-state index in [4.69, 9.17) is 16.3 Å². The van der Waals surface area contributed by atoms with Crippen LogP contribution in [0.15, 0.2) is 54.7 Å². The van der Waals surface area contributed by atoms with E-state index in [1.165, 1.54) is 12.1 Å². The Hall–Kier alpha value is -1.85. The molecule has 0 radical (unpaired) electrons. The molecule has 1 aromatic heterocycles. The Labute approximate surface area is 136 Å². The number of ether oxygens (including phenoxy) is 1. The van der Waals surface area contributed by atoms with Crippen molar-refractivity contribution < 1.29 is 17.9 Å². The SMILES string of the molecule is FC(F)(F)c1ccc([C@@H]2C=CCO[C@H]2c2cccnc2Cl)cc1. The maximum absolute atomic E-state index is 12.7. The van der Waals surface area contributed by atoms with Crippen molar-refractivity contribution in [2.24, 2.45) is 0 Å². The second kappa shape index (κ2) is 6.34. The Kier molecular flexibility index (Phi) is 4.41. The summed E-state index contributed by atoms with van der Waals surface area (Å²) < 4.78 is 43.9. The fourth-order valence-electron chi connectivity index (χ4n) is 2.64. The normalized spacial score (nSPS) is 21.4. The Morgan fingerprint density at radius 2 is 1.87 bits per heavy atom. The van der Waals surface area contributed by atoms with Gasteiger partial charge in [0.05, 0.1) is 18.3 Å². The molecular formula is C17H13ClF3NO. The summed E-state index contributed by atoms with van der Waals surface area (Å²) in [4.78, 5) is 4.04. The van der Waals surface area contributed by atoms with Gasteiger partial charge in [-0.2, -0.15) is 13.2 Å². The van der Waals surface area contributed by atoms with E-state index in [0.29, 0.717) is 11.8 Å². The van der Waals surface area contributed by atoms with Gasteiger partial charge in [-0.1, -0.05) is 42.0 Å². The lowest BCUT2D eigenvalue weighted by molar-refractivity contribution is -0.137. The van der Waals surface area contributed by atoms with E-state index in [0.717, 1.165) is 23.3 Å². The quantitative estimate of drug-likeness (QED) is 0.556. The number of rotatable bonds is 2. The molecule has 2 aromatic rings. The Bertz CT molecular complexity index is 713. The lowest BCUT2D eigenvalue weighted by atomic mass is 9.87. The number of benzene rings is 1. The standard InChI is InChI=1S/C17H13ClF3NO/c18-16-14(3-1-9-22-16)15-13(4-2-10-23-15)11-5-7-12(8-6-11)17(19,20)21/h1-9,13,15H,10H2/t13-,15+/m0/s1. The maximum Gasteiger partial charge on any atom is 0.416 e. The minimum Gasteiger partial charge on any atom is -0.368 e. The minimum atomic E-state index is -4.34. The van der Waals surface area contributed by atoms with Crippen molar-refractivity contribution in [2.45, 2.75) is 18.2 Å². The first-order valence-corrected chi connectivity index (χ1v) is 7.40. The number of hydrogen-bond donors (Lipinski definition) is 0. The molecule has 120 valence electrons. The second-order valence-corrected chi connectivity index (χ2v) is 5.57. The highest BCUT2D eigenvalue weighted by Gasteiger charge is 2.32. The highest BCUT2D eigenvalue weighted by atomic mass is 35.5. The van der Waals surface area contributed by atoms with Crippen LogP contribution in [0.5, 0.6) is 0 Å². The van der Waals surface area contributed by atoms with Crippen molar-refractivity contribution in [3.8, 4) is 0 Å². The van der Waals surface area contributed by atoms with Gasteiger partial charge in [0.2, 0.25) is 0 Å². The highest BCUT2D eigenvalue weighted by molar-refractivity contribution is 6.30. The number of pyridine rings is 1. The molecular weight excluding hydrogens is 327 g/mol. The topological polar surface area (TPSA) is 22.1 Å². The third-order valence-electron chi connectivity index (χ3n) is 3.76. The Morgan fingerprint density at radius 1 is 1.13 bits per heavy atom. The average molecular weight is 340 g/mol. The van der Waals surface area contributed by atoms with Gasteiger partial charge in [-0.3, -0.25) is 0 Å². The molecule has 0 aliphatic carbocycles. The zero-order chi connectivity index (χ0) is 16.4.